The topological polar surface area (TPSA) is 40.5 Å². The van der Waals surface area contributed by atoms with Gasteiger partial charge in [-0.1, -0.05) is 23.7 Å². The predicted molar refractivity (Wildman–Crippen MR) is 73.1 cm³/mol. The molecule has 0 bridgehead atoms. The zero-order valence-corrected chi connectivity index (χ0v) is 10.9. The van der Waals surface area contributed by atoms with Crippen molar-refractivity contribution in [1.82, 2.24) is 4.90 Å². The minimum atomic E-state index is 0.00458. The van der Waals surface area contributed by atoms with Crippen LogP contribution >= 0.6 is 11.6 Å². The Bertz CT molecular complexity index is 637. The molecule has 0 spiro atoms. The van der Waals surface area contributed by atoms with Gasteiger partial charge in [-0.3, -0.25) is 4.79 Å². The lowest BCUT2D eigenvalue weighted by Gasteiger charge is -2.15. The number of halogens is 1. The minimum Gasteiger partial charge on any atom is -0.508 e. The number of carbonyl (C=O) groups excluding carboxylic acids is 1. The first-order valence-electron chi connectivity index (χ1n) is 5.99. The van der Waals surface area contributed by atoms with E-state index in [4.69, 9.17) is 11.6 Å². The Morgan fingerprint density at radius 3 is 2.63 bits per heavy atom. The standard InChI is InChI=1S/C15H12ClNO2/c16-12-3-1-10(2-4-12)8-17-9-11-7-13(18)5-6-14(11)15(17)19/h1-7,18H,8-9H2. The molecule has 2 aromatic carbocycles. The molecule has 0 radical (unpaired) electrons. The van der Waals surface area contributed by atoms with E-state index in [1.165, 1.54) is 0 Å². The van der Waals surface area contributed by atoms with Crippen LogP contribution in [0.1, 0.15) is 21.5 Å². The van der Waals surface area contributed by atoms with Crippen molar-refractivity contribution in [2.75, 3.05) is 0 Å². The average molecular weight is 274 g/mol. The number of nitrogens with zero attached hydrogens (tertiary/aromatic N) is 1. The summed E-state index contributed by atoms with van der Waals surface area (Å²) in [5.41, 5.74) is 2.58. The van der Waals surface area contributed by atoms with Crippen molar-refractivity contribution in [2.45, 2.75) is 13.1 Å². The van der Waals surface area contributed by atoms with Gasteiger partial charge in [-0.2, -0.15) is 0 Å². The van der Waals surface area contributed by atoms with Gasteiger partial charge in [0.05, 0.1) is 0 Å². The van der Waals surface area contributed by atoms with E-state index in [0.717, 1.165) is 11.1 Å². The fourth-order valence-electron chi connectivity index (χ4n) is 2.31. The average Bonchev–Trinajstić information content (AvgIpc) is 2.68. The van der Waals surface area contributed by atoms with Gasteiger partial charge in [-0.25, -0.2) is 0 Å². The fourth-order valence-corrected chi connectivity index (χ4v) is 2.43. The zero-order chi connectivity index (χ0) is 13.4. The Hall–Kier alpha value is -2.00. The van der Waals surface area contributed by atoms with Crippen LogP contribution in [0.5, 0.6) is 5.75 Å². The number of aromatic hydroxyl groups is 1. The highest BCUT2D eigenvalue weighted by Gasteiger charge is 2.27. The third-order valence-electron chi connectivity index (χ3n) is 3.25. The maximum atomic E-state index is 12.2. The van der Waals surface area contributed by atoms with E-state index in [0.29, 0.717) is 23.7 Å². The van der Waals surface area contributed by atoms with E-state index in [1.54, 1.807) is 23.1 Å². The molecule has 96 valence electrons. The molecule has 1 N–H and O–H groups in total. The lowest BCUT2D eigenvalue weighted by atomic mass is 10.1. The second kappa shape index (κ2) is 4.59. The summed E-state index contributed by atoms with van der Waals surface area (Å²) < 4.78 is 0. The molecule has 3 rings (SSSR count). The van der Waals surface area contributed by atoms with Crippen molar-refractivity contribution in [3.63, 3.8) is 0 Å². The van der Waals surface area contributed by atoms with Crippen LogP contribution in [0.2, 0.25) is 5.02 Å². The number of hydrogen-bond acceptors (Lipinski definition) is 2. The van der Waals surface area contributed by atoms with E-state index in [2.05, 4.69) is 0 Å². The van der Waals surface area contributed by atoms with Crippen molar-refractivity contribution in [3.05, 3.63) is 64.2 Å². The lowest BCUT2D eigenvalue weighted by Crippen LogP contribution is -2.23. The first kappa shape index (κ1) is 12.1. The first-order chi connectivity index (χ1) is 9.13. The molecule has 2 aromatic rings. The van der Waals surface area contributed by atoms with Gasteiger partial charge in [0.2, 0.25) is 0 Å². The lowest BCUT2D eigenvalue weighted by molar-refractivity contribution is 0.0766. The van der Waals surface area contributed by atoms with Gasteiger partial charge in [-0.05, 0) is 41.5 Å². The van der Waals surface area contributed by atoms with Crippen molar-refractivity contribution >= 4 is 17.5 Å². The van der Waals surface area contributed by atoms with Crippen LogP contribution in [0.15, 0.2) is 42.5 Å². The minimum absolute atomic E-state index is 0.00458. The summed E-state index contributed by atoms with van der Waals surface area (Å²) in [6.07, 6.45) is 0. The number of phenolic OH excluding ortho intramolecular Hbond substituents is 1. The molecule has 0 atom stereocenters. The van der Waals surface area contributed by atoms with Crippen LogP contribution in [0.25, 0.3) is 0 Å². The molecule has 1 amide bonds. The van der Waals surface area contributed by atoms with Gasteiger partial charge >= 0.3 is 0 Å². The summed E-state index contributed by atoms with van der Waals surface area (Å²) in [5.74, 6) is 0.199. The number of rotatable bonds is 2. The summed E-state index contributed by atoms with van der Waals surface area (Å²) in [6, 6.07) is 12.3. The van der Waals surface area contributed by atoms with Crippen molar-refractivity contribution < 1.29 is 9.90 Å². The normalized spacial score (nSPS) is 13.7. The molecule has 1 heterocycles. The highest BCUT2D eigenvalue weighted by atomic mass is 35.5. The smallest absolute Gasteiger partial charge is 0.254 e. The van der Waals surface area contributed by atoms with Gasteiger partial charge in [0, 0.05) is 23.7 Å². The summed E-state index contributed by atoms with van der Waals surface area (Å²) in [7, 11) is 0. The molecular weight excluding hydrogens is 262 g/mol. The third kappa shape index (κ3) is 2.29. The quantitative estimate of drug-likeness (QED) is 0.913. The van der Waals surface area contributed by atoms with E-state index in [9.17, 15) is 9.90 Å². The van der Waals surface area contributed by atoms with Crippen LogP contribution in [-0.4, -0.2) is 15.9 Å². The second-order valence-electron chi connectivity index (χ2n) is 4.63. The van der Waals surface area contributed by atoms with E-state index >= 15 is 0 Å². The van der Waals surface area contributed by atoms with Crippen molar-refractivity contribution in [1.29, 1.82) is 0 Å². The van der Waals surface area contributed by atoms with Crippen LogP contribution in [-0.2, 0) is 13.1 Å². The molecule has 0 fully saturated rings. The Morgan fingerprint density at radius 1 is 1.16 bits per heavy atom. The number of hydrogen-bond donors (Lipinski definition) is 1. The Labute approximate surface area is 116 Å². The molecule has 1 aliphatic rings. The van der Waals surface area contributed by atoms with E-state index in [1.807, 2.05) is 24.3 Å². The highest BCUT2D eigenvalue weighted by molar-refractivity contribution is 6.30. The fraction of sp³-hybridized carbons (Fsp3) is 0.133. The molecular formula is C15H12ClNO2. The third-order valence-corrected chi connectivity index (χ3v) is 3.51. The van der Waals surface area contributed by atoms with Crippen LogP contribution in [0, 0.1) is 0 Å². The van der Waals surface area contributed by atoms with Gasteiger partial charge in [0.1, 0.15) is 5.75 Å². The molecule has 19 heavy (non-hydrogen) atoms. The highest BCUT2D eigenvalue weighted by Crippen LogP contribution is 2.27. The number of amides is 1. The summed E-state index contributed by atoms with van der Waals surface area (Å²) >= 11 is 5.84. The van der Waals surface area contributed by atoms with Crippen LogP contribution < -0.4 is 0 Å². The summed E-state index contributed by atoms with van der Waals surface area (Å²) in [5, 5.41) is 10.1. The van der Waals surface area contributed by atoms with Crippen molar-refractivity contribution in [2.24, 2.45) is 0 Å². The summed E-state index contributed by atoms with van der Waals surface area (Å²) in [6.45, 7) is 1.08. The molecule has 0 saturated heterocycles. The maximum absolute atomic E-state index is 12.2. The number of phenols is 1. The first-order valence-corrected chi connectivity index (χ1v) is 6.37. The Kier molecular flexibility index (Phi) is 2.91. The molecule has 0 aliphatic carbocycles. The van der Waals surface area contributed by atoms with Gasteiger partial charge in [0.15, 0.2) is 0 Å². The van der Waals surface area contributed by atoms with E-state index < -0.39 is 0 Å². The molecule has 3 nitrogen and oxygen atoms in total. The molecule has 1 aliphatic heterocycles. The summed E-state index contributed by atoms with van der Waals surface area (Å²) in [4.78, 5) is 14.0. The number of benzene rings is 2. The van der Waals surface area contributed by atoms with Crippen LogP contribution in [0.3, 0.4) is 0 Å². The molecule has 4 heteroatoms. The second-order valence-corrected chi connectivity index (χ2v) is 5.07. The van der Waals surface area contributed by atoms with E-state index in [-0.39, 0.29) is 11.7 Å². The molecule has 0 saturated carbocycles. The SMILES string of the molecule is O=C1c2ccc(O)cc2CN1Cc1ccc(Cl)cc1. The number of carbonyl (C=O) groups is 1. The largest absolute Gasteiger partial charge is 0.508 e. The zero-order valence-electron chi connectivity index (χ0n) is 10.1. The van der Waals surface area contributed by atoms with Crippen LogP contribution in [0.4, 0.5) is 0 Å². The van der Waals surface area contributed by atoms with Gasteiger partial charge in [0.25, 0.3) is 5.91 Å². The van der Waals surface area contributed by atoms with Gasteiger partial charge < -0.3 is 10.0 Å². The maximum Gasteiger partial charge on any atom is 0.254 e. The monoisotopic (exact) mass is 273 g/mol. The predicted octanol–water partition coefficient (Wildman–Crippen LogP) is 3.20. The Morgan fingerprint density at radius 2 is 1.89 bits per heavy atom. The molecule has 0 unspecified atom stereocenters. The Balaban J connectivity index is 1.82. The molecule has 0 aromatic heterocycles. The number of fused-ring (bicyclic) bond motifs is 1. The van der Waals surface area contributed by atoms with Gasteiger partial charge in [-0.15, -0.1) is 0 Å². The van der Waals surface area contributed by atoms with Crippen molar-refractivity contribution in [3.8, 4) is 5.75 Å².